The van der Waals surface area contributed by atoms with Crippen LogP contribution < -0.4 is 5.32 Å². The summed E-state index contributed by atoms with van der Waals surface area (Å²) in [5.41, 5.74) is 2.63. The molecule has 0 radical (unpaired) electrons. The molecule has 3 aromatic rings. The van der Waals surface area contributed by atoms with Crippen molar-refractivity contribution >= 4 is 57.5 Å². The van der Waals surface area contributed by atoms with Crippen LogP contribution in [0.15, 0.2) is 42.5 Å². The summed E-state index contributed by atoms with van der Waals surface area (Å²) in [6.45, 7) is 4.97. The highest BCUT2D eigenvalue weighted by Crippen LogP contribution is 2.36. The minimum Gasteiger partial charge on any atom is -0.469 e. The van der Waals surface area contributed by atoms with Crippen LogP contribution in [0.1, 0.15) is 58.7 Å². The normalized spacial score (nSPS) is 13.6. The Bertz CT molecular complexity index is 1340. The van der Waals surface area contributed by atoms with Crippen molar-refractivity contribution in [2.75, 3.05) is 25.5 Å². The first-order chi connectivity index (χ1) is 18.7. The number of esters is 1. The van der Waals surface area contributed by atoms with Gasteiger partial charge in [-0.15, -0.1) is 11.3 Å². The quantitative estimate of drug-likeness (QED) is 0.140. The molecule has 0 fully saturated rings. The molecule has 0 aliphatic carbocycles. The molecular weight excluding hydrogens is 557 g/mol. The van der Waals surface area contributed by atoms with E-state index in [1.165, 1.54) is 12.0 Å². The number of imide groups is 1. The molecule has 206 valence electrons. The van der Waals surface area contributed by atoms with Crippen LogP contribution in [0.4, 0.5) is 5.13 Å². The summed E-state index contributed by atoms with van der Waals surface area (Å²) in [5, 5.41) is 5.00. The molecule has 1 atom stereocenters. The van der Waals surface area contributed by atoms with Crippen LogP contribution in [0.3, 0.4) is 0 Å². The number of hydrogen-bond donors (Lipinski definition) is 1. The Balaban J connectivity index is 1.37. The number of nitrogens with zero attached hydrogens (tertiary/aromatic N) is 2. The third-order valence-corrected chi connectivity index (χ3v) is 8.36. The Kier molecular flexibility index (Phi) is 9.64. The number of hydrogen-bond acceptors (Lipinski definition) is 7. The van der Waals surface area contributed by atoms with Crippen molar-refractivity contribution in [1.82, 2.24) is 9.88 Å². The van der Waals surface area contributed by atoms with Gasteiger partial charge in [-0.3, -0.25) is 19.3 Å². The van der Waals surface area contributed by atoms with Crippen molar-refractivity contribution in [2.24, 2.45) is 11.8 Å². The molecular formula is C29H31Cl2N3O4S. The molecule has 1 N–H and O–H groups in total. The highest BCUT2D eigenvalue weighted by Gasteiger charge is 2.34. The van der Waals surface area contributed by atoms with Crippen LogP contribution in [-0.4, -0.2) is 47.9 Å². The second-order valence-electron chi connectivity index (χ2n) is 9.92. The number of unbranched alkanes of at least 4 members (excludes halogenated alkanes) is 1. The van der Waals surface area contributed by atoms with Gasteiger partial charge in [-0.1, -0.05) is 61.7 Å². The van der Waals surface area contributed by atoms with Gasteiger partial charge in [0.2, 0.25) is 0 Å². The lowest BCUT2D eigenvalue weighted by Crippen LogP contribution is -2.31. The predicted molar refractivity (Wildman–Crippen MR) is 156 cm³/mol. The van der Waals surface area contributed by atoms with Crippen molar-refractivity contribution in [3.05, 3.63) is 68.5 Å². The molecule has 1 unspecified atom stereocenters. The number of fused-ring (bicyclic) bond motifs is 1. The zero-order valence-electron chi connectivity index (χ0n) is 22.1. The molecule has 39 heavy (non-hydrogen) atoms. The third-order valence-electron chi connectivity index (χ3n) is 6.58. The monoisotopic (exact) mass is 587 g/mol. The molecule has 0 bridgehead atoms. The lowest BCUT2D eigenvalue weighted by molar-refractivity contribution is -0.145. The fraction of sp³-hybridized carbons (Fsp3) is 0.379. The number of methoxy groups -OCH3 is 1. The fourth-order valence-electron chi connectivity index (χ4n) is 4.59. The van der Waals surface area contributed by atoms with Gasteiger partial charge in [0.05, 0.1) is 39.9 Å². The maximum absolute atomic E-state index is 12.6. The summed E-state index contributed by atoms with van der Waals surface area (Å²) in [7, 11) is 1.38. The van der Waals surface area contributed by atoms with E-state index in [-0.39, 0.29) is 17.8 Å². The number of aromatic nitrogens is 1. The zero-order valence-corrected chi connectivity index (χ0v) is 24.5. The first-order valence-electron chi connectivity index (χ1n) is 12.9. The fourth-order valence-corrected chi connectivity index (χ4v) is 6.09. The first-order valence-corrected chi connectivity index (χ1v) is 14.5. The summed E-state index contributed by atoms with van der Waals surface area (Å²) in [4.78, 5) is 44.9. The number of carbonyl (C=O) groups excluding carboxylic acids is 3. The van der Waals surface area contributed by atoms with Crippen molar-refractivity contribution in [3.63, 3.8) is 0 Å². The molecule has 2 heterocycles. The molecule has 1 aromatic heterocycles. The van der Waals surface area contributed by atoms with Crippen LogP contribution in [0.2, 0.25) is 10.0 Å². The minimum atomic E-state index is -0.400. The van der Waals surface area contributed by atoms with E-state index < -0.39 is 5.92 Å². The summed E-state index contributed by atoms with van der Waals surface area (Å²) >= 11 is 13.9. The third kappa shape index (κ3) is 6.80. The van der Waals surface area contributed by atoms with Gasteiger partial charge < -0.3 is 10.1 Å². The lowest BCUT2D eigenvalue weighted by atomic mass is 10.0. The van der Waals surface area contributed by atoms with E-state index in [0.717, 1.165) is 22.6 Å². The number of ether oxygens (including phenoxy) is 1. The number of nitrogens with one attached hydrogen (secondary N) is 1. The van der Waals surface area contributed by atoms with Gasteiger partial charge >= 0.3 is 5.97 Å². The molecule has 7 nitrogen and oxygen atoms in total. The van der Waals surface area contributed by atoms with E-state index in [0.29, 0.717) is 64.6 Å². The van der Waals surface area contributed by atoms with Crippen LogP contribution >= 0.6 is 34.5 Å². The summed E-state index contributed by atoms with van der Waals surface area (Å²) < 4.78 is 5.04. The van der Waals surface area contributed by atoms with E-state index in [1.54, 1.807) is 41.7 Å². The van der Waals surface area contributed by atoms with Gasteiger partial charge in [0.25, 0.3) is 11.8 Å². The molecule has 2 amide bonds. The largest absolute Gasteiger partial charge is 0.469 e. The summed E-state index contributed by atoms with van der Waals surface area (Å²) in [5.74, 6) is -0.805. The van der Waals surface area contributed by atoms with Crippen LogP contribution in [0.5, 0.6) is 0 Å². The maximum atomic E-state index is 12.6. The number of benzene rings is 2. The molecule has 1 aliphatic heterocycles. The van der Waals surface area contributed by atoms with Crippen molar-refractivity contribution < 1.29 is 19.1 Å². The highest BCUT2D eigenvalue weighted by atomic mass is 35.5. The molecule has 10 heteroatoms. The number of carbonyl (C=O) groups is 3. The first kappa shape index (κ1) is 29.1. The molecule has 4 rings (SSSR count). The maximum Gasteiger partial charge on any atom is 0.310 e. The lowest BCUT2D eigenvalue weighted by Gasteiger charge is -2.17. The Morgan fingerprint density at radius 3 is 2.36 bits per heavy atom. The van der Waals surface area contributed by atoms with Crippen molar-refractivity contribution in [3.8, 4) is 11.3 Å². The van der Waals surface area contributed by atoms with E-state index in [2.05, 4.69) is 19.2 Å². The molecule has 0 saturated heterocycles. The zero-order chi connectivity index (χ0) is 28.1. The van der Waals surface area contributed by atoms with Gasteiger partial charge in [0.15, 0.2) is 5.13 Å². The smallest absolute Gasteiger partial charge is 0.310 e. The molecule has 2 aromatic carbocycles. The predicted octanol–water partition coefficient (Wildman–Crippen LogP) is 6.98. The standard InChI is InChI=1S/C29H31Cl2N3O4S/c1-17(2)14-24-25(18-11-12-22(30)23(31)15-18)33-29(39-24)32-16-19(28(37)38-3)8-6-7-13-34-26(35)20-9-4-5-10-21(20)27(34)36/h4-5,9-12,15,17,19H,6-8,13-14,16H2,1-3H3,(H,32,33). The summed E-state index contributed by atoms with van der Waals surface area (Å²) in [6, 6.07) is 12.3. The highest BCUT2D eigenvalue weighted by molar-refractivity contribution is 7.16. The van der Waals surface area contributed by atoms with Gasteiger partial charge in [-0.25, -0.2) is 4.98 Å². The average molecular weight is 589 g/mol. The van der Waals surface area contributed by atoms with Gasteiger partial charge in [0.1, 0.15) is 0 Å². The van der Waals surface area contributed by atoms with Crippen LogP contribution in [0.25, 0.3) is 11.3 Å². The number of thiazole rings is 1. The van der Waals surface area contributed by atoms with Gasteiger partial charge in [0, 0.05) is 23.5 Å². The molecule has 1 aliphatic rings. The Labute approximate surface area is 242 Å². The number of anilines is 1. The summed E-state index contributed by atoms with van der Waals surface area (Å²) in [6.07, 6.45) is 2.65. The second-order valence-corrected chi connectivity index (χ2v) is 11.8. The SMILES string of the molecule is COC(=O)C(CCCCN1C(=O)c2ccccc2C1=O)CNc1nc(-c2ccc(Cl)c(Cl)c2)c(CC(C)C)s1. The topological polar surface area (TPSA) is 88.6 Å². The number of halogens is 2. The van der Waals surface area contributed by atoms with Gasteiger partial charge in [-0.2, -0.15) is 0 Å². The Morgan fingerprint density at radius 2 is 1.74 bits per heavy atom. The molecule has 0 spiro atoms. The minimum absolute atomic E-state index is 0.263. The Hall–Kier alpha value is -2.94. The van der Waals surface area contributed by atoms with Crippen molar-refractivity contribution in [1.29, 1.82) is 0 Å². The number of amides is 2. The van der Waals surface area contributed by atoms with Crippen LogP contribution in [-0.2, 0) is 16.0 Å². The average Bonchev–Trinajstić information content (AvgIpc) is 3.42. The van der Waals surface area contributed by atoms with E-state index in [9.17, 15) is 14.4 Å². The van der Waals surface area contributed by atoms with E-state index in [1.807, 2.05) is 12.1 Å². The van der Waals surface area contributed by atoms with E-state index >= 15 is 0 Å². The van der Waals surface area contributed by atoms with E-state index in [4.69, 9.17) is 32.9 Å². The Morgan fingerprint density at radius 1 is 1.05 bits per heavy atom. The van der Waals surface area contributed by atoms with Crippen molar-refractivity contribution in [2.45, 2.75) is 39.5 Å². The molecule has 0 saturated carbocycles. The second kappa shape index (κ2) is 12.9. The number of rotatable bonds is 12. The van der Waals surface area contributed by atoms with Gasteiger partial charge in [-0.05, 0) is 49.4 Å². The van der Waals surface area contributed by atoms with Crippen LogP contribution in [0, 0.1) is 11.8 Å².